The van der Waals surface area contributed by atoms with Crippen LogP contribution in [0.25, 0.3) is 0 Å². The first-order chi connectivity index (χ1) is 14.5. The summed E-state index contributed by atoms with van der Waals surface area (Å²) in [6.07, 6.45) is 2.95. The minimum atomic E-state index is -3.55. The van der Waals surface area contributed by atoms with Crippen LogP contribution >= 0.6 is 11.3 Å². The van der Waals surface area contributed by atoms with Gasteiger partial charge in [0.15, 0.2) is 0 Å². The van der Waals surface area contributed by atoms with Crippen LogP contribution in [0.1, 0.15) is 42.7 Å². The summed E-state index contributed by atoms with van der Waals surface area (Å²) in [5, 5.41) is 2.11. The van der Waals surface area contributed by atoms with Crippen molar-refractivity contribution < 1.29 is 17.9 Å². The predicted molar refractivity (Wildman–Crippen MR) is 117 cm³/mol. The summed E-state index contributed by atoms with van der Waals surface area (Å²) in [6.45, 7) is 3.63. The summed E-state index contributed by atoms with van der Waals surface area (Å²) in [5.41, 5.74) is 1.29. The summed E-state index contributed by atoms with van der Waals surface area (Å²) in [6, 6.07) is 8.75. The number of hydrogen-bond acceptors (Lipinski definition) is 5. The Morgan fingerprint density at radius 2 is 1.83 bits per heavy atom. The lowest BCUT2D eigenvalue weighted by Gasteiger charge is -2.39. The molecule has 0 bridgehead atoms. The molecule has 1 aromatic heterocycles. The minimum absolute atomic E-state index is 0.110. The number of amides is 1. The summed E-state index contributed by atoms with van der Waals surface area (Å²) in [4.78, 5) is 17.0. The van der Waals surface area contributed by atoms with E-state index >= 15 is 0 Å². The van der Waals surface area contributed by atoms with Crippen LogP contribution in [0.3, 0.4) is 0 Å². The average molecular weight is 449 g/mol. The molecule has 0 N–H and O–H groups in total. The zero-order valence-corrected chi connectivity index (χ0v) is 19.0. The van der Waals surface area contributed by atoms with Gasteiger partial charge in [-0.2, -0.15) is 4.31 Å². The molecule has 0 radical (unpaired) electrons. The second-order valence-corrected chi connectivity index (χ2v) is 10.8. The van der Waals surface area contributed by atoms with Gasteiger partial charge in [-0.15, -0.1) is 11.3 Å². The second-order valence-electron chi connectivity index (χ2n) is 7.86. The van der Waals surface area contributed by atoms with Gasteiger partial charge in [0.25, 0.3) is 0 Å². The first-order valence-electron chi connectivity index (χ1n) is 10.5. The molecule has 0 saturated carbocycles. The highest BCUT2D eigenvalue weighted by Crippen LogP contribution is 2.37. The topological polar surface area (TPSA) is 66.9 Å². The van der Waals surface area contributed by atoms with Gasteiger partial charge < -0.3 is 9.64 Å². The number of piperidine rings is 1. The number of rotatable bonds is 5. The zero-order chi connectivity index (χ0) is 21.3. The van der Waals surface area contributed by atoms with E-state index in [9.17, 15) is 13.2 Å². The maximum atomic E-state index is 13.3. The molecule has 2 aliphatic rings. The van der Waals surface area contributed by atoms with Gasteiger partial charge >= 0.3 is 0 Å². The van der Waals surface area contributed by atoms with Gasteiger partial charge in [0.1, 0.15) is 5.75 Å². The standard InChI is InChI=1S/C22H28N2O4S2/c1-3-20-19-11-15-29-21(19)10-14-24(20)22(25)16-8-12-23(13-9-16)30(26,27)18-6-4-17(28-2)5-7-18/h4-7,11,15-16,20H,3,8-10,12-14H2,1-2H3/t20-/m0/s1. The quantitative estimate of drug-likeness (QED) is 0.700. The number of methoxy groups -OCH3 is 1. The molecule has 1 atom stereocenters. The lowest BCUT2D eigenvalue weighted by Crippen LogP contribution is -2.47. The molecule has 1 aromatic carbocycles. The third-order valence-corrected chi connectivity index (χ3v) is 9.17. The number of thiophene rings is 1. The number of sulfonamides is 1. The molecule has 8 heteroatoms. The third kappa shape index (κ3) is 3.88. The Morgan fingerprint density at radius 1 is 1.13 bits per heavy atom. The third-order valence-electron chi connectivity index (χ3n) is 6.27. The molecule has 6 nitrogen and oxygen atoms in total. The van der Waals surface area contributed by atoms with Crippen LogP contribution in [0.5, 0.6) is 5.75 Å². The highest BCUT2D eigenvalue weighted by atomic mass is 32.2. The molecule has 162 valence electrons. The fourth-order valence-corrected chi connectivity index (χ4v) is 6.97. The van der Waals surface area contributed by atoms with Crippen molar-refractivity contribution in [3.05, 3.63) is 46.2 Å². The van der Waals surface area contributed by atoms with Crippen LogP contribution in [0, 0.1) is 5.92 Å². The molecular weight excluding hydrogens is 420 g/mol. The number of benzene rings is 1. The molecule has 1 fully saturated rings. The fourth-order valence-electron chi connectivity index (χ4n) is 4.57. The molecule has 4 rings (SSSR count). The van der Waals surface area contributed by atoms with Crippen molar-refractivity contribution in [3.63, 3.8) is 0 Å². The Hall–Kier alpha value is -1.90. The van der Waals surface area contributed by atoms with Crippen LogP contribution in [0.4, 0.5) is 0 Å². The van der Waals surface area contributed by atoms with Crippen LogP contribution in [0.15, 0.2) is 40.6 Å². The van der Waals surface area contributed by atoms with Crippen LogP contribution in [0.2, 0.25) is 0 Å². The Balaban J connectivity index is 1.42. The van der Waals surface area contributed by atoms with E-state index in [0.717, 1.165) is 19.4 Å². The number of carbonyl (C=O) groups is 1. The molecule has 3 heterocycles. The maximum absolute atomic E-state index is 13.3. The Morgan fingerprint density at radius 3 is 2.47 bits per heavy atom. The van der Waals surface area contributed by atoms with E-state index in [2.05, 4.69) is 18.4 Å². The largest absolute Gasteiger partial charge is 0.497 e. The molecule has 2 aromatic rings. The van der Waals surface area contributed by atoms with Crippen molar-refractivity contribution in [2.75, 3.05) is 26.7 Å². The van der Waals surface area contributed by atoms with Gasteiger partial charge in [-0.25, -0.2) is 8.42 Å². The molecule has 0 aliphatic carbocycles. The molecular formula is C22H28N2O4S2. The molecule has 0 spiro atoms. The first-order valence-corrected chi connectivity index (χ1v) is 12.8. The van der Waals surface area contributed by atoms with Crippen molar-refractivity contribution in [1.29, 1.82) is 0 Å². The average Bonchev–Trinajstić information content (AvgIpc) is 3.27. The summed E-state index contributed by atoms with van der Waals surface area (Å²) in [5.74, 6) is 0.695. The number of carbonyl (C=O) groups excluding carboxylic acids is 1. The fraction of sp³-hybridized carbons (Fsp3) is 0.500. The summed E-state index contributed by atoms with van der Waals surface area (Å²) in [7, 11) is -2.00. The monoisotopic (exact) mass is 448 g/mol. The number of ether oxygens (including phenoxy) is 1. The van der Waals surface area contributed by atoms with E-state index in [4.69, 9.17) is 4.74 Å². The van der Waals surface area contributed by atoms with E-state index in [-0.39, 0.29) is 22.8 Å². The first kappa shape index (κ1) is 21.3. The SMILES string of the molecule is CC[C@H]1c2ccsc2CCN1C(=O)C1CCN(S(=O)(=O)c2ccc(OC)cc2)CC1. The molecule has 1 saturated heterocycles. The zero-order valence-electron chi connectivity index (χ0n) is 17.4. The van der Waals surface area contributed by atoms with Gasteiger partial charge in [-0.1, -0.05) is 6.92 Å². The number of fused-ring (bicyclic) bond motifs is 1. The molecule has 0 unspecified atom stereocenters. The van der Waals surface area contributed by atoms with Crippen molar-refractivity contribution in [2.24, 2.45) is 5.92 Å². The van der Waals surface area contributed by atoms with E-state index in [1.54, 1.807) is 42.7 Å². The van der Waals surface area contributed by atoms with Crippen molar-refractivity contribution in [1.82, 2.24) is 9.21 Å². The van der Waals surface area contributed by atoms with E-state index < -0.39 is 10.0 Å². The summed E-state index contributed by atoms with van der Waals surface area (Å²) >= 11 is 1.78. The van der Waals surface area contributed by atoms with Gasteiger partial charge in [0.2, 0.25) is 15.9 Å². The smallest absolute Gasteiger partial charge is 0.243 e. The lowest BCUT2D eigenvalue weighted by atomic mass is 9.92. The summed E-state index contributed by atoms with van der Waals surface area (Å²) < 4.78 is 32.5. The van der Waals surface area contributed by atoms with Gasteiger partial charge in [0, 0.05) is 30.4 Å². The molecule has 1 amide bonds. The number of hydrogen-bond donors (Lipinski definition) is 0. The van der Waals surface area contributed by atoms with E-state index in [1.165, 1.54) is 14.7 Å². The molecule has 2 aliphatic heterocycles. The maximum Gasteiger partial charge on any atom is 0.243 e. The van der Waals surface area contributed by atoms with E-state index in [0.29, 0.717) is 31.7 Å². The highest BCUT2D eigenvalue weighted by Gasteiger charge is 2.37. The van der Waals surface area contributed by atoms with Crippen LogP contribution < -0.4 is 4.74 Å². The van der Waals surface area contributed by atoms with Gasteiger partial charge in [0.05, 0.1) is 18.0 Å². The Bertz CT molecular complexity index is 992. The normalized spacial score (nSPS) is 20.7. The van der Waals surface area contributed by atoms with Crippen LogP contribution in [-0.2, 0) is 21.2 Å². The lowest BCUT2D eigenvalue weighted by molar-refractivity contribution is -0.139. The number of nitrogens with zero attached hydrogens (tertiary/aromatic N) is 2. The Kier molecular flexibility index (Phi) is 6.18. The predicted octanol–water partition coefficient (Wildman–Crippen LogP) is 3.69. The minimum Gasteiger partial charge on any atom is -0.497 e. The van der Waals surface area contributed by atoms with Gasteiger partial charge in [-0.3, -0.25) is 4.79 Å². The van der Waals surface area contributed by atoms with Crippen LogP contribution in [-0.4, -0.2) is 50.3 Å². The van der Waals surface area contributed by atoms with E-state index in [1.807, 2.05) is 4.90 Å². The van der Waals surface area contributed by atoms with Crippen molar-refractivity contribution in [3.8, 4) is 5.75 Å². The highest BCUT2D eigenvalue weighted by molar-refractivity contribution is 7.89. The second kappa shape index (κ2) is 8.69. The van der Waals surface area contributed by atoms with Gasteiger partial charge in [-0.05, 0) is 67.0 Å². The van der Waals surface area contributed by atoms with Crippen molar-refractivity contribution in [2.45, 2.75) is 43.5 Å². The molecule has 30 heavy (non-hydrogen) atoms. The Labute approximate surface area is 182 Å². The van der Waals surface area contributed by atoms with Crippen molar-refractivity contribution >= 4 is 27.3 Å².